The number of hydrogen-bond donors (Lipinski definition) is 2. The third-order valence-electron chi connectivity index (χ3n) is 3.81. The maximum absolute atomic E-state index is 11.8. The molecule has 0 heterocycles. The molecule has 0 unspecified atom stereocenters. The van der Waals surface area contributed by atoms with E-state index in [0.29, 0.717) is 5.92 Å². The van der Waals surface area contributed by atoms with Crippen molar-refractivity contribution in [3.63, 3.8) is 0 Å². The molecule has 0 aliphatic heterocycles. The molecule has 4 nitrogen and oxygen atoms in total. The van der Waals surface area contributed by atoms with Gasteiger partial charge in [0.2, 0.25) is 5.91 Å². The van der Waals surface area contributed by atoms with Gasteiger partial charge in [0.1, 0.15) is 6.04 Å². The van der Waals surface area contributed by atoms with Gasteiger partial charge in [-0.25, -0.2) is 0 Å². The van der Waals surface area contributed by atoms with Gasteiger partial charge >= 0.3 is 5.97 Å². The highest BCUT2D eigenvalue weighted by atomic mass is 16.4. The van der Waals surface area contributed by atoms with Crippen LogP contribution >= 0.6 is 0 Å². The highest BCUT2D eigenvalue weighted by Gasteiger charge is 2.28. The zero-order chi connectivity index (χ0) is 13.0. The van der Waals surface area contributed by atoms with Gasteiger partial charge in [-0.2, -0.15) is 0 Å². The van der Waals surface area contributed by atoms with Gasteiger partial charge in [-0.1, -0.05) is 13.8 Å². The number of carboxylic acids is 1. The molecule has 0 aromatic heterocycles. The molecular weight excluding hydrogens is 218 g/mol. The summed E-state index contributed by atoms with van der Waals surface area (Å²) < 4.78 is 0. The smallest absolute Gasteiger partial charge is 0.325 e. The van der Waals surface area contributed by atoms with Crippen LogP contribution in [0.3, 0.4) is 0 Å². The molecule has 0 radical (unpaired) electrons. The number of nitrogens with one attached hydrogen (secondary N) is 1. The Balaban J connectivity index is 2.38. The molecule has 0 aromatic rings. The number of carbonyl (C=O) groups excluding carboxylic acids is 1. The van der Waals surface area contributed by atoms with Gasteiger partial charge in [-0.15, -0.1) is 0 Å². The lowest BCUT2D eigenvalue weighted by molar-refractivity contribution is -0.142. The molecule has 0 spiro atoms. The van der Waals surface area contributed by atoms with Crippen LogP contribution in [0, 0.1) is 17.8 Å². The van der Waals surface area contributed by atoms with Gasteiger partial charge < -0.3 is 10.4 Å². The minimum atomic E-state index is -0.978. The normalized spacial score (nSPS) is 26.6. The lowest BCUT2D eigenvalue weighted by Gasteiger charge is -2.30. The SMILES string of the molecule is CC(C)C1CCC(C(=O)N[C@H](C)C(=O)O)CC1. The first kappa shape index (κ1) is 14.0. The topological polar surface area (TPSA) is 66.4 Å². The second-order valence-corrected chi connectivity index (χ2v) is 5.42. The Hall–Kier alpha value is -1.06. The summed E-state index contributed by atoms with van der Waals surface area (Å²) in [7, 11) is 0. The Morgan fingerprint density at radius 1 is 1.12 bits per heavy atom. The standard InChI is InChI=1S/C13H23NO3/c1-8(2)10-4-6-11(7-5-10)12(15)14-9(3)13(16)17/h8-11H,4-7H2,1-3H3,(H,14,15)(H,16,17)/t9-,10?,11?/m1/s1. The van der Waals surface area contributed by atoms with Crippen molar-refractivity contribution in [2.75, 3.05) is 0 Å². The van der Waals surface area contributed by atoms with Crippen LogP contribution in [0.5, 0.6) is 0 Å². The van der Waals surface area contributed by atoms with Crippen LogP contribution in [0.1, 0.15) is 46.5 Å². The molecule has 0 saturated heterocycles. The van der Waals surface area contributed by atoms with Gasteiger partial charge in [-0.3, -0.25) is 9.59 Å². The number of aliphatic carboxylic acids is 1. The molecule has 0 bridgehead atoms. The average molecular weight is 241 g/mol. The molecule has 1 aliphatic rings. The second-order valence-electron chi connectivity index (χ2n) is 5.42. The predicted molar refractivity (Wildman–Crippen MR) is 65.5 cm³/mol. The predicted octanol–water partition coefficient (Wildman–Crippen LogP) is 2.04. The number of hydrogen-bond acceptors (Lipinski definition) is 2. The molecule has 1 rings (SSSR count). The van der Waals surface area contributed by atoms with E-state index >= 15 is 0 Å². The number of carbonyl (C=O) groups is 2. The molecule has 98 valence electrons. The van der Waals surface area contributed by atoms with Gasteiger partial charge in [-0.05, 0) is 44.4 Å². The Labute approximate surface area is 103 Å². The van der Waals surface area contributed by atoms with Crippen molar-refractivity contribution in [2.45, 2.75) is 52.5 Å². The highest BCUT2D eigenvalue weighted by molar-refractivity contribution is 5.84. The largest absolute Gasteiger partial charge is 0.480 e. The Morgan fingerprint density at radius 2 is 1.65 bits per heavy atom. The summed E-state index contributed by atoms with van der Waals surface area (Å²) in [6, 6.07) is -0.787. The third-order valence-corrected chi connectivity index (χ3v) is 3.81. The molecular formula is C13H23NO3. The fourth-order valence-electron chi connectivity index (χ4n) is 2.44. The Kier molecular flexibility index (Phi) is 4.97. The van der Waals surface area contributed by atoms with E-state index in [0.717, 1.165) is 31.6 Å². The van der Waals surface area contributed by atoms with Crippen LogP contribution in [0.2, 0.25) is 0 Å². The summed E-state index contributed by atoms with van der Waals surface area (Å²) in [5.74, 6) is 0.330. The number of rotatable bonds is 4. The maximum atomic E-state index is 11.8. The zero-order valence-corrected chi connectivity index (χ0v) is 10.9. The number of carboxylic acid groups (broad SMARTS) is 1. The van der Waals surface area contributed by atoms with Crippen molar-refractivity contribution in [2.24, 2.45) is 17.8 Å². The van der Waals surface area contributed by atoms with E-state index in [9.17, 15) is 9.59 Å². The minimum Gasteiger partial charge on any atom is -0.480 e. The van der Waals surface area contributed by atoms with Crippen molar-refractivity contribution < 1.29 is 14.7 Å². The summed E-state index contributed by atoms with van der Waals surface area (Å²) in [4.78, 5) is 22.5. The molecule has 2 N–H and O–H groups in total. The third kappa shape index (κ3) is 4.02. The van der Waals surface area contributed by atoms with E-state index in [4.69, 9.17) is 5.11 Å². The van der Waals surface area contributed by atoms with Gasteiger partial charge in [0.15, 0.2) is 0 Å². The van der Waals surface area contributed by atoms with Crippen LogP contribution in [0.15, 0.2) is 0 Å². The first-order valence-corrected chi connectivity index (χ1v) is 6.45. The number of amides is 1. The summed E-state index contributed by atoms with van der Waals surface area (Å²) in [6.07, 6.45) is 3.94. The van der Waals surface area contributed by atoms with Crippen LogP contribution in [-0.2, 0) is 9.59 Å². The van der Waals surface area contributed by atoms with Gasteiger partial charge in [0, 0.05) is 5.92 Å². The van der Waals surface area contributed by atoms with Crippen LogP contribution < -0.4 is 5.32 Å². The molecule has 1 aliphatic carbocycles. The van der Waals surface area contributed by atoms with E-state index in [1.165, 1.54) is 6.92 Å². The fraction of sp³-hybridized carbons (Fsp3) is 0.846. The van der Waals surface area contributed by atoms with Crippen molar-refractivity contribution >= 4 is 11.9 Å². The van der Waals surface area contributed by atoms with E-state index in [1.54, 1.807) is 0 Å². The maximum Gasteiger partial charge on any atom is 0.325 e. The molecule has 1 fully saturated rings. The van der Waals surface area contributed by atoms with Crippen LogP contribution in [0.25, 0.3) is 0 Å². The second kappa shape index (κ2) is 6.03. The summed E-state index contributed by atoms with van der Waals surface area (Å²) in [5.41, 5.74) is 0. The van der Waals surface area contributed by atoms with Crippen molar-refractivity contribution in [3.05, 3.63) is 0 Å². The molecule has 1 atom stereocenters. The lowest BCUT2D eigenvalue weighted by atomic mass is 9.76. The van der Waals surface area contributed by atoms with E-state index < -0.39 is 12.0 Å². The minimum absolute atomic E-state index is 0.00630. The summed E-state index contributed by atoms with van der Waals surface area (Å²) in [6.45, 7) is 5.94. The fourth-order valence-corrected chi connectivity index (χ4v) is 2.44. The Morgan fingerprint density at radius 3 is 2.06 bits per heavy atom. The summed E-state index contributed by atoms with van der Waals surface area (Å²) >= 11 is 0. The molecule has 4 heteroatoms. The van der Waals surface area contributed by atoms with E-state index in [2.05, 4.69) is 19.2 Å². The Bertz CT molecular complexity index is 280. The first-order chi connectivity index (χ1) is 7.91. The molecule has 1 saturated carbocycles. The molecule has 1 amide bonds. The van der Waals surface area contributed by atoms with Crippen molar-refractivity contribution in [1.29, 1.82) is 0 Å². The average Bonchev–Trinajstić information content (AvgIpc) is 2.28. The monoisotopic (exact) mass is 241 g/mol. The van der Waals surface area contributed by atoms with Crippen molar-refractivity contribution in [1.82, 2.24) is 5.32 Å². The quantitative estimate of drug-likeness (QED) is 0.791. The van der Waals surface area contributed by atoms with Gasteiger partial charge in [0.05, 0.1) is 0 Å². The van der Waals surface area contributed by atoms with Gasteiger partial charge in [0.25, 0.3) is 0 Å². The first-order valence-electron chi connectivity index (χ1n) is 6.45. The molecule has 0 aromatic carbocycles. The van der Waals surface area contributed by atoms with Crippen molar-refractivity contribution in [3.8, 4) is 0 Å². The van der Waals surface area contributed by atoms with Crippen LogP contribution in [-0.4, -0.2) is 23.0 Å². The van der Waals surface area contributed by atoms with Crippen LogP contribution in [0.4, 0.5) is 0 Å². The lowest BCUT2D eigenvalue weighted by Crippen LogP contribution is -2.42. The zero-order valence-electron chi connectivity index (χ0n) is 10.9. The van der Waals surface area contributed by atoms with E-state index in [-0.39, 0.29) is 11.8 Å². The van der Waals surface area contributed by atoms with E-state index in [1.807, 2.05) is 0 Å². The highest BCUT2D eigenvalue weighted by Crippen LogP contribution is 2.33. The summed E-state index contributed by atoms with van der Waals surface area (Å²) in [5, 5.41) is 11.3. The molecule has 17 heavy (non-hydrogen) atoms.